The van der Waals surface area contributed by atoms with E-state index in [9.17, 15) is 0 Å². The van der Waals surface area contributed by atoms with Gasteiger partial charge in [-0.2, -0.15) is 0 Å². The zero-order chi connectivity index (χ0) is 14.0. The molecule has 18 heavy (non-hydrogen) atoms. The minimum atomic E-state index is -1.73. The summed E-state index contributed by atoms with van der Waals surface area (Å²) in [7, 11) is -1.73. The number of allylic oxidation sites excluding steroid dienone is 1. The molecule has 1 aromatic rings. The molecular formula is C16H24OSi. The molecule has 0 saturated heterocycles. The van der Waals surface area contributed by atoms with Crippen molar-refractivity contribution in [1.82, 2.24) is 0 Å². The van der Waals surface area contributed by atoms with Crippen LogP contribution in [0.4, 0.5) is 0 Å². The lowest BCUT2D eigenvalue weighted by Crippen LogP contribution is -2.43. The fourth-order valence-corrected chi connectivity index (χ4v) is 2.35. The van der Waals surface area contributed by atoms with Crippen LogP contribution in [0, 0.1) is 0 Å². The predicted molar refractivity (Wildman–Crippen MR) is 82.5 cm³/mol. The Morgan fingerprint density at radius 1 is 1.17 bits per heavy atom. The Bertz CT molecular complexity index is 457. The van der Waals surface area contributed by atoms with Crippen LogP contribution in [-0.4, -0.2) is 8.32 Å². The van der Waals surface area contributed by atoms with E-state index in [2.05, 4.69) is 58.3 Å². The van der Waals surface area contributed by atoms with Gasteiger partial charge in [-0.05, 0) is 48.3 Å². The van der Waals surface area contributed by atoms with Crippen molar-refractivity contribution in [3.05, 3.63) is 42.1 Å². The fraction of sp³-hybridized carbons (Fsp3) is 0.438. The summed E-state index contributed by atoms with van der Waals surface area (Å²) in [5, 5.41) is 0.225. The lowest BCUT2D eigenvalue weighted by molar-refractivity contribution is 0.492. The van der Waals surface area contributed by atoms with Gasteiger partial charge in [0.15, 0.2) is 0 Å². The quantitative estimate of drug-likeness (QED) is 0.532. The largest absolute Gasteiger partial charge is 0.544 e. The van der Waals surface area contributed by atoms with E-state index in [0.717, 1.165) is 16.9 Å². The average molecular weight is 260 g/mol. The van der Waals surface area contributed by atoms with Crippen molar-refractivity contribution in [2.45, 2.75) is 45.8 Å². The summed E-state index contributed by atoms with van der Waals surface area (Å²) < 4.78 is 6.23. The van der Waals surface area contributed by atoms with Gasteiger partial charge in [-0.1, -0.05) is 39.5 Å². The molecule has 0 atom stereocenters. The molecule has 0 radical (unpaired) electrons. The van der Waals surface area contributed by atoms with Crippen LogP contribution in [0.25, 0.3) is 5.57 Å². The monoisotopic (exact) mass is 260 g/mol. The van der Waals surface area contributed by atoms with E-state index in [1.54, 1.807) is 0 Å². The number of benzene rings is 1. The summed E-state index contributed by atoms with van der Waals surface area (Å²) in [5.41, 5.74) is 5.12. The van der Waals surface area contributed by atoms with Gasteiger partial charge in [0.1, 0.15) is 5.75 Å². The summed E-state index contributed by atoms with van der Waals surface area (Å²) in [5.74, 6) is 0.960. The Morgan fingerprint density at radius 3 is 2.06 bits per heavy atom. The highest BCUT2D eigenvalue weighted by Gasteiger charge is 2.38. The van der Waals surface area contributed by atoms with Crippen molar-refractivity contribution < 1.29 is 4.43 Å². The third kappa shape index (κ3) is 3.38. The first-order chi connectivity index (χ1) is 8.17. The first-order valence-corrected chi connectivity index (χ1v) is 9.24. The van der Waals surface area contributed by atoms with E-state index in [1.807, 2.05) is 19.1 Å². The van der Waals surface area contributed by atoms with Gasteiger partial charge in [0.05, 0.1) is 0 Å². The van der Waals surface area contributed by atoms with Crippen molar-refractivity contribution in [3.63, 3.8) is 0 Å². The minimum absolute atomic E-state index is 0.225. The molecule has 0 aromatic heterocycles. The number of hydrogen-bond donors (Lipinski definition) is 0. The highest BCUT2D eigenvalue weighted by atomic mass is 28.4. The second-order valence-electron chi connectivity index (χ2n) is 6.19. The molecule has 0 aliphatic rings. The Morgan fingerprint density at radius 2 is 1.67 bits per heavy atom. The van der Waals surface area contributed by atoms with Crippen LogP contribution in [0.3, 0.4) is 0 Å². The summed E-state index contributed by atoms with van der Waals surface area (Å²) in [4.78, 5) is 0. The van der Waals surface area contributed by atoms with Crippen LogP contribution in [-0.2, 0) is 0 Å². The first kappa shape index (κ1) is 14.8. The van der Waals surface area contributed by atoms with Gasteiger partial charge in [-0.3, -0.25) is 0 Å². The van der Waals surface area contributed by atoms with E-state index in [4.69, 9.17) is 4.43 Å². The second-order valence-corrected chi connectivity index (χ2v) is 10.9. The standard InChI is InChI=1S/C16H24OSi/c1-8-13(2)14-9-11-15(12-10-14)17-18(6,7)16(3,4)5/h9-12H,1H2,2-7H3. The molecule has 98 valence electrons. The van der Waals surface area contributed by atoms with Crippen LogP contribution >= 0.6 is 0 Å². The van der Waals surface area contributed by atoms with Crippen molar-refractivity contribution in [2.75, 3.05) is 0 Å². The van der Waals surface area contributed by atoms with Gasteiger partial charge < -0.3 is 4.43 Å². The van der Waals surface area contributed by atoms with E-state index in [-0.39, 0.29) is 5.04 Å². The molecule has 0 spiro atoms. The zero-order valence-electron chi connectivity index (χ0n) is 12.4. The highest BCUT2D eigenvalue weighted by Crippen LogP contribution is 2.37. The molecular weight excluding hydrogens is 236 g/mol. The average Bonchev–Trinajstić information content (AvgIpc) is 2.27. The van der Waals surface area contributed by atoms with Crippen molar-refractivity contribution in [1.29, 1.82) is 0 Å². The molecule has 0 amide bonds. The van der Waals surface area contributed by atoms with Gasteiger partial charge in [0.25, 0.3) is 0 Å². The van der Waals surface area contributed by atoms with E-state index in [1.165, 1.54) is 0 Å². The second kappa shape index (κ2) is 5.17. The Hall–Kier alpha value is -1.24. The molecule has 1 nitrogen and oxygen atoms in total. The Kier molecular flexibility index (Phi) is 4.26. The number of rotatable bonds is 3. The van der Waals surface area contributed by atoms with Crippen molar-refractivity contribution in [3.8, 4) is 5.75 Å². The maximum atomic E-state index is 6.23. The smallest absolute Gasteiger partial charge is 0.250 e. The van der Waals surface area contributed by atoms with Gasteiger partial charge >= 0.3 is 0 Å². The molecule has 0 unspecified atom stereocenters. The summed E-state index contributed by atoms with van der Waals surface area (Å²) in [6.07, 6.45) is 0. The molecule has 2 heteroatoms. The van der Waals surface area contributed by atoms with E-state index < -0.39 is 8.32 Å². The minimum Gasteiger partial charge on any atom is -0.544 e. The predicted octanol–water partition coefficient (Wildman–Crippen LogP) is 5.26. The van der Waals surface area contributed by atoms with Crippen LogP contribution in [0.15, 0.2) is 36.6 Å². The van der Waals surface area contributed by atoms with Crippen LogP contribution in [0.5, 0.6) is 5.75 Å². The van der Waals surface area contributed by atoms with Gasteiger partial charge in [0, 0.05) is 0 Å². The van der Waals surface area contributed by atoms with Crippen LogP contribution < -0.4 is 4.43 Å². The molecule has 0 heterocycles. The maximum absolute atomic E-state index is 6.23. The topological polar surface area (TPSA) is 9.23 Å². The number of hydrogen-bond acceptors (Lipinski definition) is 1. The van der Waals surface area contributed by atoms with Gasteiger partial charge in [-0.15, -0.1) is 5.73 Å². The molecule has 1 rings (SSSR count). The SMILES string of the molecule is C=C=C(C)c1ccc(O[Si](C)(C)C(C)(C)C)cc1. The van der Waals surface area contributed by atoms with Gasteiger partial charge in [0.2, 0.25) is 8.32 Å². The molecule has 0 aliphatic heterocycles. The third-order valence-corrected chi connectivity index (χ3v) is 8.09. The zero-order valence-corrected chi connectivity index (χ0v) is 13.4. The maximum Gasteiger partial charge on any atom is 0.250 e. The molecule has 0 N–H and O–H groups in total. The molecule has 0 aliphatic carbocycles. The molecule has 1 aromatic carbocycles. The normalized spacial score (nSPS) is 11.9. The van der Waals surface area contributed by atoms with Crippen LogP contribution in [0.1, 0.15) is 33.3 Å². The molecule has 0 saturated carbocycles. The highest BCUT2D eigenvalue weighted by molar-refractivity contribution is 6.74. The lowest BCUT2D eigenvalue weighted by Gasteiger charge is -2.36. The fourth-order valence-electron chi connectivity index (χ4n) is 1.32. The summed E-state index contributed by atoms with van der Waals surface area (Å²) >= 11 is 0. The van der Waals surface area contributed by atoms with Crippen molar-refractivity contribution >= 4 is 13.9 Å². The first-order valence-electron chi connectivity index (χ1n) is 6.33. The Labute approximate surface area is 112 Å². The summed E-state index contributed by atoms with van der Waals surface area (Å²) in [6, 6.07) is 8.21. The lowest BCUT2D eigenvalue weighted by atomic mass is 10.1. The van der Waals surface area contributed by atoms with Crippen LogP contribution in [0.2, 0.25) is 18.1 Å². The van der Waals surface area contributed by atoms with E-state index in [0.29, 0.717) is 0 Å². The summed E-state index contributed by atoms with van der Waals surface area (Å²) in [6.45, 7) is 16.9. The van der Waals surface area contributed by atoms with E-state index >= 15 is 0 Å². The third-order valence-electron chi connectivity index (χ3n) is 3.73. The molecule has 0 fully saturated rings. The van der Waals surface area contributed by atoms with Crippen molar-refractivity contribution in [2.24, 2.45) is 0 Å². The Balaban J connectivity index is 2.91. The van der Waals surface area contributed by atoms with Gasteiger partial charge in [-0.25, -0.2) is 0 Å². The molecule has 0 bridgehead atoms.